The molecule has 0 aliphatic heterocycles. The molecule has 0 aromatic carbocycles. The monoisotopic (exact) mass is 171 g/mol. The molecule has 0 amide bonds. The minimum absolute atomic E-state index is 0.0400. The second kappa shape index (κ2) is 5.57. The standard InChI is InChI=1S/C6H11N3O.C2H6/c1-3-4-9-6(10)8(2)5-7-9;1-2/h5H,3-4H2,1-2H3;1-2H3. The van der Waals surface area contributed by atoms with E-state index in [1.807, 2.05) is 20.8 Å². The first-order chi connectivity index (χ1) is 5.75. The summed E-state index contributed by atoms with van der Waals surface area (Å²) in [5, 5.41) is 3.87. The summed E-state index contributed by atoms with van der Waals surface area (Å²) in [6, 6.07) is 0. The molecule has 0 atom stereocenters. The average molecular weight is 171 g/mol. The van der Waals surface area contributed by atoms with Crippen molar-refractivity contribution in [3.8, 4) is 0 Å². The van der Waals surface area contributed by atoms with Gasteiger partial charge in [-0.15, -0.1) is 0 Å². The van der Waals surface area contributed by atoms with E-state index in [-0.39, 0.29) is 5.69 Å². The lowest BCUT2D eigenvalue weighted by atomic mass is 10.5. The molecule has 1 heterocycles. The second-order valence-electron chi connectivity index (χ2n) is 2.25. The van der Waals surface area contributed by atoms with Crippen LogP contribution in [0.3, 0.4) is 0 Å². The van der Waals surface area contributed by atoms with Gasteiger partial charge >= 0.3 is 5.69 Å². The Kier molecular flexibility index (Phi) is 5.08. The van der Waals surface area contributed by atoms with Crippen LogP contribution in [0, 0.1) is 0 Å². The average Bonchev–Trinajstić information content (AvgIpc) is 2.41. The van der Waals surface area contributed by atoms with Gasteiger partial charge in [-0.05, 0) is 6.42 Å². The molecule has 0 fully saturated rings. The molecule has 0 saturated heterocycles. The lowest BCUT2D eigenvalue weighted by Crippen LogP contribution is -2.22. The van der Waals surface area contributed by atoms with Crippen molar-refractivity contribution in [3.63, 3.8) is 0 Å². The predicted octanol–water partition coefficient (Wildman–Crippen LogP) is 1.02. The van der Waals surface area contributed by atoms with Crippen molar-refractivity contribution < 1.29 is 0 Å². The van der Waals surface area contributed by atoms with Crippen LogP contribution in [-0.4, -0.2) is 14.3 Å². The van der Waals surface area contributed by atoms with Crippen molar-refractivity contribution in [1.82, 2.24) is 14.3 Å². The molecular weight excluding hydrogens is 154 g/mol. The minimum atomic E-state index is -0.0400. The Labute approximate surface area is 72.8 Å². The molecule has 0 radical (unpaired) electrons. The Balaban J connectivity index is 0.000000561. The van der Waals surface area contributed by atoms with E-state index < -0.39 is 0 Å². The summed E-state index contributed by atoms with van der Waals surface area (Å²) >= 11 is 0. The highest BCUT2D eigenvalue weighted by Gasteiger charge is 1.97. The van der Waals surface area contributed by atoms with E-state index >= 15 is 0 Å². The van der Waals surface area contributed by atoms with Crippen LogP contribution in [0.25, 0.3) is 0 Å². The molecule has 70 valence electrons. The molecule has 0 unspecified atom stereocenters. The summed E-state index contributed by atoms with van der Waals surface area (Å²) in [6.45, 7) is 6.72. The highest BCUT2D eigenvalue weighted by atomic mass is 16.2. The zero-order valence-corrected chi connectivity index (χ0v) is 8.24. The predicted molar refractivity (Wildman–Crippen MR) is 49.1 cm³/mol. The number of rotatable bonds is 2. The molecule has 12 heavy (non-hydrogen) atoms. The van der Waals surface area contributed by atoms with Crippen molar-refractivity contribution in [3.05, 3.63) is 16.8 Å². The summed E-state index contributed by atoms with van der Waals surface area (Å²) in [6.07, 6.45) is 2.47. The first kappa shape index (κ1) is 10.9. The third kappa shape index (κ3) is 2.53. The van der Waals surface area contributed by atoms with Gasteiger partial charge in [-0.2, -0.15) is 5.10 Å². The van der Waals surface area contributed by atoms with Gasteiger partial charge in [0.15, 0.2) is 0 Å². The second-order valence-corrected chi connectivity index (χ2v) is 2.25. The summed E-state index contributed by atoms with van der Waals surface area (Å²) in [4.78, 5) is 11.0. The number of aromatic nitrogens is 3. The van der Waals surface area contributed by atoms with E-state index in [1.165, 1.54) is 15.6 Å². The maximum Gasteiger partial charge on any atom is 0.345 e. The van der Waals surface area contributed by atoms with Crippen molar-refractivity contribution in [2.75, 3.05) is 0 Å². The summed E-state index contributed by atoms with van der Waals surface area (Å²) in [5.74, 6) is 0. The summed E-state index contributed by atoms with van der Waals surface area (Å²) in [5.41, 5.74) is -0.0400. The number of hydrogen-bond donors (Lipinski definition) is 0. The van der Waals surface area contributed by atoms with Crippen molar-refractivity contribution >= 4 is 0 Å². The van der Waals surface area contributed by atoms with Crippen LogP contribution in [0.2, 0.25) is 0 Å². The molecule has 1 aromatic rings. The lowest BCUT2D eigenvalue weighted by Gasteiger charge is -1.91. The van der Waals surface area contributed by atoms with Gasteiger partial charge in [-0.25, -0.2) is 9.48 Å². The Hall–Kier alpha value is -1.06. The van der Waals surface area contributed by atoms with E-state index in [2.05, 4.69) is 5.10 Å². The minimum Gasteiger partial charge on any atom is -0.285 e. The highest BCUT2D eigenvalue weighted by molar-refractivity contribution is 4.64. The molecule has 1 aromatic heterocycles. The maximum absolute atomic E-state index is 11.0. The molecule has 0 aliphatic carbocycles. The van der Waals surface area contributed by atoms with Gasteiger partial charge in [-0.1, -0.05) is 20.8 Å². The zero-order valence-electron chi connectivity index (χ0n) is 8.24. The number of nitrogens with zero attached hydrogens (tertiary/aromatic N) is 3. The first-order valence-electron chi connectivity index (χ1n) is 4.34. The van der Waals surface area contributed by atoms with Crippen LogP contribution >= 0.6 is 0 Å². The zero-order chi connectivity index (χ0) is 9.56. The van der Waals surface area contributed by atoms with Gasteiger partial charge < -0.3 is 0 Å². The molecule has 0 bridgehead atoms. The van der Waals surface area contributed by atoms with Crippen LogP contribution < -0.4 is 5.69 Å². The Bertz CT molecular complexity index is 262. The van der Waals surface area contributed by atoms with Crippen LogP contribution in [0.1, 0.15) is 27.2 Å². The molecule has 0 saturated carbocycles. The Morgan fingerprint density at radius 1 is 1.50 bits per heavy atom. The molecule has 1 rings (SSSR count). The van der Waals surface area contributed by atoms with Gasteiger partial charge in [0.2, 0.25) is 0 Å². The smallest absolute Gasteiger partial charge is 0.285 e. The first-order valence-corrected chi connectivity index (χ1v) is 4.34. The fraction of sp³-hybridized carbons (Fsp3) is 0.750. The van der Waals surface area contributed by atoms with Gasteiger partial charge in [0, 0.05) is 13.6 Å². The van der Waals surface area contributed by atoms with E-state index in [4.69, 9.17) is 0 Å². The molecule has 4 nitrogen and oxygen atoms in total. The van der Waals surface area contributed by atoms with E-state index in [1.54, 1.807) is 7.05 Å². The topological polar surface area (TPSA) is 39.8 Å². The Morgan fingerprint density at radius 3 is 2.42 bits per heavy atom. The van der Waals surface area contributed by atoms with Crippen molar-refractivity contribution in [2.24, 2.45) is 7.05 Å². The fourth-order valence-electron chi connectivity index (χ4n) is 0.786. The molecule has 0 spiro atoms. The van der Waals surface area contributed by atoms with E-state index in [0.717, 1.165) is 6.42 Å². The van der Waals surface area contributed by atoms with Crippen LogP contribution in [0.4, 0.5) is 0 Å². The maximum atomic E-state index is 11.0. The highest BCUT2D eigenvalue weighted by Crippen LogP contribution is 1.80. The van der Waals surface area contributed by atoms with Crippen molar-refractivity contribution in [1.29, 1.82) is 0 Å². The molecule has 0 N–H and O–H groups in total. The van der Waals surface area contributed by atoms with E-state index in [9.17, 15) is 4.79 Å². The van der Waals surface area contributed by atoms with Gasteiger partial charge in [0.25, 0.3) is 0 Å². The number of hydrogen-bond acceptors (Lipinski definition) is 2. The van der Waals surface area contributed by atoms with Crippen LogP contribution in [0.5, 0.6) is 0 Å². The largest absolute Gasteiger partial charge is 0.345 e. The molecular formula is C8H17N3O. The van der Waals surface area contributed by atoms with E-state index in [0.29, 0.717) is 6.54 Å². The SMILES string of the molecule is CC.CCCn1ncn(C)c1=O. The van der Waals surface area contributed by atoms with Gasteiger partial charge in [-0.3, -0.25) is 4.57 Å². The Morgan fingerprint density at radius 2 is 2.08 bits per heavy atom. The molecule has 0 aliphatic rings. The van der Waals surface area contributed by atoms with Crippen molar-refractivity contribution in [2.45, 2.75) is 33.7 Å². The fourth-order valence-corrected chi connectivity index (χ4v) is 0.786. The quantitative estimate of drug-likeness (QED) is 0.666. The molecule has 4 heteroatoms. The van der Waals surface area contributed by atoms with Gasteiger partial charge in [0.1, 0.15) is 6.33 Å². The van der Waals surface area contributed by atoms with Gasteiger partial charge in [0.05, 0.1) is 0 Å². The lowest BCUT2D eigenvalue weighted by molar-refractivity contribution is 0.574. The summed E-state index contributed by atoms with van der Waals surface area (Å²) in [7, 11) is 1.70. The third-order valence-electron chi connectivity index (χ3n) is 1.32. The van der Waals surface area contributed by atoms with Crippen LogP contribution in [0.15, 0.2) is 11.1 Å². The normalized spacial score (nSPS) is 9.00. The van der Waals surface area contributed by atoms with Crippen LogP contribution in [-0.2, 0) is 13.6 Å². The number of aryl methyl sites for hydroxylation is 2. The summed E-state index contributed by atoms with van der Waals surface area (Å²) < 4.78 is 2.93. The third-order valence-corrected chi connectivity index (χ3v) is 1.32.